The largest absolute Gasteiger partial charge is 0.478 e. The summed E-state index contributed by atoms with van der Waals surface area (Å²) in [4.78, 5) is 33.8. The Morgan fingerprint density at radius 3 is 2.67 bits per heavy atom. The topological polar surface area (TPSA) is 106 Å². The number of hydrogen-bond acceptors (Lipinski definition) is 5. The lowest BCUT2D eigenvalue weighted by Gasteiger charge is -2.06. The standard InChI is InChI=1S/C14H11NO6/c16-12(8-21-14(19)11-5-2-6-20-11)15-10-4-1-3-9(7-10)13(17)18/h1-7H,8H2,(H,15,16)(H,17,18). The van der Waals surface area contributed by atoms with Gasteiger partial charge in [0.2, 0.25) is 5.76 Å². The van der Waals surface area contributed by atoms with Crippen LogP contribution in [0.2, 0.25) is 0 Å². The molecule has 0 spiro atoms. The van der Waals surface area contributed by atoms with E-state index in [-0.39, 0.29) is 11.3 Å². The Morgan fingerprint density at radius 2 is 2.00 bits per heavy atom. The molecule has 0 bridgehead atoms. The highest BCUT2D eigenvalue weighted by Gasteiger charge is 2.13. The summed E-state index contributed by atoms with van der Waals surface area (Å²) >= 11 is 0. The Labute approximate surface area is 119 Å². The van der Waals surface area contributed by atoms with E-state index in [1.54, 1.807) is 0 Å². The molecule has 21 heavy (non-hydrogen) atoms. The van der Waals surface area contributed by atoms with Crippen molar-refractivity contribution < 1.29 is 28.6 Å². The highest BCUT2D eigenvalue weighted by Crippen LogP contribution is 2.10. The van der Waals surface area contributed by atoms with Crippen molar-refractivity contribution in [2.24, 2.45) is 0 Å². The third-order valence-corrected chi connectivity index (χ3v) is 2.45. The molecule has 2 N–H and O–H groups in total. The fourth-order valence-electron chi connectivity index (χ4n) is 1.52. The molecule has 0 saturated carbocycles. The molecule has 108 valence electrons. The number of nitrogens with one attached hydrogen (secondary N) is 1. The fraction of sp³-hybridized carbons (Fsp3) is 0.0714. The van der Waals surface area contributed by atoms with Crippen LogP contribution in [0.15, 0.2) is 47.1 Å². The highest BCUT2D eigenvalue weighted by molar-refractivity contribution is 5.96. The summed E-state index contributed by atoms with van der Waals surface area (Å²) in [7, 11) is 0. The van der Waals surface area contributed by atoms with Gasteiger partial charge in [-0.05, 0) is 30.3 Å². The number of carbonyl (C=O) groups is 3. The second-order valence-corrected chi connectivity index (χ2v) is 3.99. The Kier molecular flexibility index (Phi) is 4.35. The number of amides is 1. The van der Waals surface area contributed by atoms with Gasteiger partial charge in [-0.2, -0.15) is 0 Å². The second-order valence-electron chi connectivity index (χ2n) is 3.99. The molecule has 1 amide bonds. The number of carbonyl (C=O) groups excluding carboxylic acids is 2. The first kappa shape index (κ1) is 14.3. The number of carboxylic acids is 1. The average molecular weight is 289 g/mol. The minimum absolute atomic E-state index is 0.00401. The minimum atomic E-state index is -1.10. The van der Waals surface area contributed by atoms with E-state index in [9.17, 15) is 14.4 Å². The van der Waals surface area contributed by atoms with Crippen LogP contribution < -0.4 is 5.32 Å². The van der Waals surface area contributed by atoms with E-state index in [1.165, 1.54) is 42.7 Å². The summed E-state index contributed by atoms with van der Waals surface area (Å²) in [5.41, 5.74) is 0.342. The van der Waals surface area contributed by atoms with Crippen LogP contribution in [0, 0.1) is 0 Å². The zero-order valence-electron chi connectivity index (χ0n) is 10.7. The van der Waals surface area contributed by atoms with Gasteiger partial charge in [-0.15, -0.1) is 0 Å². The van der Waals surface area contributed by atoms with Crippen molar-refractivity contribution in [3.8, 4) is 0 Å². The Bertz CT molecular complexity index is 662. The first-order valence-electron chi connectivity index (χ1n) is 5.90. The van der Waals surface area contributed by atoms with Gasteiger partial charge in [-0.25, -0.2) is 9.59 Å². The average Bonchev–Trinajstić information content (AvgIpc) is 2.99. The van der Waals surface area contributed by atoms with Crippen molar-refractivity contribution in [3.63, 3.8) is 0 Å². The number of benzene rings is 1. The van der Waals surface area contributed by atoms with E-state index in [4.69, 9.17) is 14.3 Å². The van der Waals surface area contributed by atoms with Crippen molar-refractivity contribution in [2.45, 2.75) is 0 Å². The molecule has 0 unspecified atom stereocenters. The number of furan rings is 1. The van der Waals surface area contributed by atoms with E-state index < -0.39 is 24.5 Å². The van der Waals surface area contributed by atoms with Crippen molar-refractivity contribution in [1.29, 1.82) is 0 Å². The van der Waals surface area contributed by atoms with Crippen LogP contribution in [0.3, 0.4) is 0 Å². The molecule has 1 heterocycles. The maximum atomic E-state index is 11.6. The van der Waals surface area contributed by atoms with E-state index in [0.717, 1.165) is 0 Å². The second kappa shape index (κ2) is 6.38. The van der Waals surface area contributed by atoms with E-state index in [1.807, 2.05) is 0 Å². The van der Waals surface area contributed by atoms with Gasteiger partial charge in [0.05, 0.1) is 11.8 Å². The molecule has 0 aliphatic carbocycles. The van der Waals surface area contributed by atoms with Crippen LogP contribution in [0.1, 0.15) is 20.9 Å². The molecule has 0 radical (unpaired) electrons. The smallest absolute Gasteiger partial charge is 0.374 e. The van der Waals surface area contributed by atoms with Gasteiger partial charge in [-0.1, -0.05) is 6.07 Å². The molecule has 2 aromatic rings. The monoisotopic (exact) mass is 289 g/mol. The van der Waals surface area contributed by atoms with E-state index in [0.29, 0.717) is 5.69 Å². The molecule has 1 aromatic heterocycles. The lowest BCUT2D eigenvalue weighted by Crippen LogP contribution is -2.20. The normalized spacial score (nSPS) is 9.90. The van der Waals surface area contributed by atoms with Crippen molar-refractivity contribution >= 4 is 23.5 Å². The molecule has 0 saturated heterocycles. The molecular weight excluding hydrogens is 278 g/mol. The molecule has 2 rings (SSSR count). The number of aromatic carboxylic acids is 1. The van der Waals surface area contributed by atoms with Gasteiger partial charge in [0.25, 0.3) is 5.91 Å². The Hall–Kier alpha value is -3.09. The first-order chi connectivity index (χ1) is 10.1. The molecule has 0 aliphatic rings. The Balaban J connectivity index is 1.89. The third kappa shape index (κ3) is 3.93. The van der Waals surface area contributed by atoms with Crippen LogP contribution >= 0.6 is 0 Å². The van der Waals surface area contributed by atoms with Crippen molar-refractivity contribution in [2.75, 3.05) is 11.9 Å². The van der Waals surface area contributed by atoms with Crippen LogP contribution in [0.5, 0.6) is 0 Å². The number of hydrogen-bond donors (Lipinski definition) is 2. The van der Waals surface area contributed by atoms with Gasteiger partial charge in [-0.3, -0.25) is 4.79 Å². The molecule has 0 atom stereocenters. The zero-order valence-corrected chi connectivity index (χ0v) is 10.7. The lowest BCUT2D eigenvalue weighted by atomic mass is 10.2. The van der Waals surface area contributed by atoms with Crippen LogP contribution in [-0.4, -0.2) is 29.6 Å². The van der Waals surface area contributed by atoms with Crippen LogP contribution in [0.25, 0.3) is 0 Å². The zero-order chi connectivity index (χ0) is 15.2. The van der Waals surface area contributed by atoms with E-state index in [2.05, 4.69) is 5.32 Å². The van der Waals surface area contributed by atoms with Gasteiger partial charge < -0.3 is 19.6 Å². The summed E-state index contributed by atoms with van der Waals surface area (Å²) in [5, 5.41) is 11.3. The van der Waals surface area contributed by atoms with Crippen LogP contribution in [0.4, 0.5) is 5.69 Å². The van der Waals surface area contributed by atoms with Crippen molar-refractivity contribution in [1.82, 2.24) is 0 Å². The van der Waals surface area contributed by atoms with Gasteiger partial charge in [0.1, 0.15) is 0 Å². The fourth-order valence-corrected chi connectivity index (χ4v) is 1.52. The van der Waals surface area contributed by atoms with Gasteiger partial charge in [0, 0.05) is 5.69 Å². The number of anilines is 1. The number of ether oxygens (including phenoxy) is 1. The summed E-state index contributed by atoms with van der Waals surface area (Å²) in [6.07, 6.45) is 1.31. The molecule has 1 aromatic carbocycles. The number of rotatable bonds is 5. The SMILES string of the molecule is O=C(COC(=O)c1ccco1)Nc1cccc(C(=O)O)c1. The third-order valence-electron chi connectivity index (χ3n) is 2.45. The van der Waals surface area contributed by atoms with Gasteiger partial charge >= 0.3 is 11.9 Å². The molecule has 0 fully saturated rings. The molecule has 0 aliphatic heterocycles. The maximum Gasteiger partial charge on any atom is 0.374 e. The van der Waals surface area contributed by atoms with E-state index >= 15 is 0 Å². The maximum absolute atomic E-state index is 11.6. The molecule has 7 nitrogen and oxygen atoms in total. The summed E-state index contributed by atoms with van der Waals surface area (Å²) in [5.74, 6) is -2.45. The predicted molar refractivity (Wildman–Crippen MR) is 71.0 cm³/mol. The molecular formula is C14H11NO6. The predicted octanol–water partition coefficient (Wildman–Crippen LogP) is 1.77. The van der Waals surface area contributed by atoms with Gasteiger partial charge in [0.15, 0.2) is 6.61 Å². The number of carboxylic acid groups (broad SMARTS) is 1. The summed E-state index contributed by atoms with van der Waals surface area (Å²) < 4.78 is 9.55. The Morgan fingerprint density at radius 1 is 1.19 bits per heavy atom. The summed E-state index contributed by atoms with van der Waals surface area (Å²) in [6.45, 7) is -0.503. The van der Waals surface area contributed by atoms with Crippen molar-refractivity contribution in [3.05, 3.63) is 54.0 Å². The minimum Gasteiger partial charge on any atom is -0.478 e. The number of esters is 1. The quantitative estimate of drug-likeness (QED) is 0.812. The molecule has 7 heteroatoms. The van der Waals surface area contributed by atoms with Crippen LogP contribution in [-0.2, 0) is 9.53 Å². The first-order valence-corrected chi connectivity index (χ1v) is 5.90. The summed E-state index contributed by atoms with van der Waals surface area (Å²) in [6, 6.07) is 8.65. The highest BCUT2D eigenvalue weighted by atomic mass is 16.5. The lowest BCUT2D eigenvalue weighted by molar-refractivity contribution is -0.119.